The van der Waals surface area contributed by atoms with Crippen LogP contribution in [0, 0.1) is 11.8 Å². The van der Waals surface area contributed by atoms with Crippen molar-refractivity contribution in [2.24, 2.45) is 11.8 Å². The third-order valence-corrected chi connectivity index (χ3v) is 3.30. The van der Waals surface area contributed by atoms with E-state index in [1.807, 2.05) is 20.8 Å². The first kappa shape index (κ1) is 17.4. The molecule has 0 aromatic heterocycles. The Morgan fingerprint density at radius 2 is 1.83 bits per heavy atom. The van der Waals surface area contributed by atoms with Crippen molar-refractivity contribution in [2.45, 2.75) is 64.9 Å². The van der Waals surface area contributed by atoms with Crippen molar-refractivity contribution in [3.8, 4) is 0 Å². The number of hydrogen-bond acceptors (Lipinski definition) is 4. The van der Waals surface area contributed by atoms with Gasteiger partial charge in [0.15, 0.2) is 0 Å². The second kappa shape index (κ2) is 7.74. The number of ether oxygens (including phenoxy) is 1. The van der Waals surface area contributed by atoms with Gasteiger partial charge in [0.1, 0.15) is 5.60 Å². The van der Waals surface area contributed by atoms with Crippen LogP contribution in [0.25, 0.3) is 0 Å². The van der Waals surface area contributed by atoms with E-state index >= 15 is 0 Å². The summed E-state index contributed by atoms with van der Waals surface area (Å²) >= 11 is 0. The maximum absolute atomic E-state index is 11.9. The second-order valence-corrected chi connectivity index (χ2v) is 6.15. The lowest BCUT2D eigenvalue weighted by atomic mass is 9.83. The van der Waals surface area contributed by atoms with Crippen LogP contribution in [-0.4, -0.2) is 23.3 Å². The summed E-state index contributed by atoms with van der Waals surface area (Å²) in [5.41, 5.74) is -0.461. The number of esters is 1. The molecule has 1 aliphatic rings. The predicted octanol–water partition coefficient (Wildman–Crippen LogP) is 3.07. The standard InChI is InChI=1S/C14H26O3.H3N/c1-14(2,3)17-13(16)12(10-15)9-11-7-5-4-6-8-11;/h11-12,15H,4-10H2,1-3H3;1H3. The van der Waals surface area contributed by atoms with Gasteiger partial charge in [0.25, 0.3) is 0 Å². The lowest BCUT2D eigenvalue weighted by Crippen LogP contribution is -2.31. The molecule has 0 bridgehead atoms. The molecule has 0 aromatic rings. The average molecular weight is 259 g/mol. The van der Waals surface area contributed by atoms with Crippen LogP contribution in [-0.2, 0) is 9.53 Å². The Labute approximate surface area is 111 Å². The normalized spacial score (nSPS) is 18.9. The summed E-state index contributed by atoms with van der Waals surface area (Å²) in [4.78, 5) is 11.9. The molecule has 4 nitrogen and oxygen atoms in total. The molecule has 1 atom stereocenters. The van der Waals surface area contributed by atoms with Gasteiger partial charge in [-0.15, -0.1) is 0 Å². The van der Waals surface area contributed by atoms with Crippen molar-refractivity contribution >= 4 is 5.97 Å². The van der Waals surface area contributed by atoms with E-state index in [2.05, 4.69) is 0 Å². The maximum Gasteiger partial charge on any atom is 0.311 e. The van der Waals surface area contributed by atoms with Gasteiger partial charge in [-0.25, -0.2) is 0 Å². The Morgan fingerprint density at radius 3 is 2.28 bits per heavy atom. The summed E-state index contributed by atoms with van der Waals surface area (Å²) in [5.74, 6) is 0.0105. The van der Waals surface area contributed by atoms with Crippen LogP contribution >= 0.6 is 0 Å². The van der Waals surface area contributed by atoms with Gasteiger partial charge < -0.3 is 16.0 Å². The molecule has 0 heterocycles. The molecular formula is C14H29NO3. The minimum Gasteiger partial charge on any atom is -0.460 e. The third-order valence-electron chi connectivity index (χ3n) is 3.30. The van der Waals surface area contributed by atoms with E-state index < -0.39 is 5.60 Å². The minimum absolute atomic E-state index is 0. The molecule has 18 heavy (non-hydrogen) atoms. The summed E-state index contributed by atoms with van der Waals surface area (Å²) < 4.78 is 5.33. The van der Waals surface area contributed by atoms with E-state index in [1.165, 1.54) is 32.1 Å². The molecule has 108 valence electrons. The fourth-order valence-corrected chi connectivity index (χ4v) is 2.46. The van der Waals surface area contributed by atoms with Crippen LogP contribution in [0.15, 0.2) is 0 Å². The van der Waals surface area contributed by atoms with Gasteiger partial charge >= 0.3 is 5.97 Å². The molecule has 0 saturated heterocycles. The van der Waals surface area contributed by atoms with E-state index in [9.17, 15) is 9.90 Å². The Bertz CT molecular complexity index is 242. The van der Waals surface area contributed by atoms with E-state index in [0.717, 1.165) is 6.42 Å². The van der Waals surface area contributed by atoms with E-state index in [4.69, 9.17) is 4.74 Å². The molecule has 0 aliphatic heterocycles. The number of carbonyl (C=O) groups is 1. The average Bonchev–Trinajstić information content (AvgIpc) is 2.24. The first-order valence-electron chi connectivity index (χ1n) is 6.76. The van der Waals surface area contributed by atoms with Gasteiger partial charge in [0.05, 0.1) is 12.5 Å². The van der Waals surface area contributed by atoms with Crippen LogP contribution in [0.5, 0.6) is 0 Å². The predicted molar refractivity (Wildman–Crippen MR) is 72.6 cm³/mol. The van der Waals surface area contributed by atoms with Gasteiger partial charge in [-0.05, 0) is 33.1 Å². The van der Waals surface area contributed by atoms with Crippen molar-refractivity contribution < 1.29 is 14.6 Å². The Morgan fingerprint density at radius 1 is 1.28 bits per heavy atom. The molecular weight excluding hydrogens is 230 g/mol. The van der Waals surface area contributed by atoms with E-state index in [0.29, 0.717) is 5.92 Å². The summed E-state index contributed by atoms with van der Waals surface area (Å²) in [7, 11) is 0. The minimum atomic E-state index is -0.461. The zero-order valence-electron chi connectivity index (χ0n) is 12.1. The zero-order chi connectivity index (χ0) is 12.9. The number of aliphatic hydroxyl groups is 1. The lowest BCUT2D eigenvalue weighted by molar-refractivity contribution is -0.162. The molecule has 4 N–H and O–H groups in total. The molecule has 1 saturated carbocycles. The highest BCUT2D eigenvalue weighted by molar-refractivity contribution is 5.73. The van der Waals surface area contributed by atoms with Gasteiger partial charge in [0.2, 0.25) is 0 Å². The highest BCUT2D eigenvalue weighted by Crippen LogP contribution is 2.29. The van der Waals surface area contributed by atoms with Gasteiger partial charge in [0, 0.05) is 0 Å². The number of aliphatic hydroxyl groups excluding tert-OH is 1. The van der Waals surface area contributed by atoms with Crippen LogP contribution in [0.2, 0.25) is 0 Å². The molecule has 1 unspecified atom stereocenters. The first-order chi connectivity index (χ1) is 7.92. The smallest absolute Gasteiger partial charge is 0.311 e. The van der Waals surface area contributed by atoms with Crippen molar-refractivity contribution in [3.63, 3.8) is 0 Å². The topological polar surface area (TPSA) is 81.5 Å². The zero-order valence-corrected chi connectivity index (χ0v) is 12.1. The molecule has 1 rings (SSSR count). The molecule has 1 fully saturated rings. The van der Waals surface area contributed by atoms with Gasteiger partial charge in [-0.2, -0.15) is 0 Å². The quantitative estimate of drug-likeness (QED) is 0.760. The van der Waals surface area contributed by atoms with Crippen molar-refractivity contribution in [2.75, 3.05) is 6.61 Å². The Balaban J connectivity index is 0.00000289. The number of rotatable bonds is 4. The molecule has 1 aliphatic carbocycles. The molecule has 4 heteroatoms. The Kier molecular flexibility index (Phi) is 7.48. The fraction of sp³-hybridized carbons (Fsp3) is 0.929. The van der Waals surface area contributed by atoms with Gasteiger partial charge in [-0.3, -0.25) is 4.79 Å². The Hall–Kier alpha value is -0.610. The van der Waals surface area contributed by atoms with E-state index in [1.54, 1.807) is 0 Å². The largest absolute Gasteiger partial charge is 0.460 e. The maximum atomic E-state index is 11.9. The number of hydrogen-bond donors (Lipinski definition) is 2. The fourth-order valence-electron chi connectivity index (χ4n) is 2.46. The molecule has 0 amide bonds. The highest BCUT2D eigenvalue weighted by Gasteiger charge is 2.27. The number of carbonyl (C=O) groups excluding carboxylic acids is 1. The first-order valence-corrected chi connectivity index (χ1v) is 6.76. The lowest BCUT2D eigenvalue weighted by Gasteiger charge is -2.27. The summed E-state index contributed by atoms with van der Waals surface area (Å²) in [6.45, 7) is 5.49. The summed E-state index contributed by atoms with van der Waals surface area (Å²) in [6.07, 6.45) is 7.00. The second-order valence-electron chi connectivity index (χ2n) is 6.15. The van der Waals surface area contributed by atoms with Crippen molar-refractivity contribution in [3.05, 3.63) is 0 Å². The highest BCUT2D eigenvalue weighted by atomic mass is 16.6. The molecule has 0 spiro atoms. The van der Waals surface area contributed by atoms with Crippen LogP contribution in [0.4, 0.5) is 0 Å². The molecule has 0 aromatic carbocycles. The SMILES string of the molecule is CC(C)(C)OC(=O)C(CO)CC1CCCCC1.N. The third kappa shape index (κ3) is 6.36. The van der Waals surface area contributed by atoms with Crippen LogP contribution < -0.4 is 6.15 Å². The van der Waals surface area contributed by atoms with Gasteiger partial charge in [-0.1, -0.05) is 32.1 Å². The molecule has 0 radical (unpaired) electrons. The summed E-state index contributed by atoms with van der Waals surface area (Å²) in [5, 5.41) is 9.32. The van der Waals surface area contributed by atoms with Crippen molar-refractivity contribution in [1.29, 1.82) is 0 Å². The van der Waals surface area contributed by atoms with Crippen LogP contribution in [0.3, 0.4) is 0 Å². The summed E-state index contributed by atoms with van der Waals surface area (Å²) in [6, 6.07) is 0. The monoisotopic (exact) mass is 259 g/mol. The van der Waals surface area contributed by atoms with Crippen LogP contribution in [0.1, 0.15) is 59.3 Å². The van der Waals surface area contributed by atoms with Crippen molar-refractivity contribution in [1.82, 2.24) is 6.15 Å². The van der Waals surface area contributed by atoms with E-state index in [-0.39, 0.29) is 24.6 Å².